The van der Waals surface area contributed by atoms with Gasteiger partial charge in [0.2, 0.25) is 11.8 Å². The monoisotopic (exact) mass is 474 g/mol. The Morgan fingerprint density at radius 1 is 1.22 bits per heavy atom. The van der Waals surface area contributed by atoms with Crippen LogP contribution < -0.4 is 16.0 Å². The molecule has 10 heteroatoms. The van der Waals surface area contributed by atoms with Gasteiger partial charge in [-0.2, -0.15) is 0 Å². The van der Waals surface area contributed by atoms with Crippen LogP contribution in [0.2, 0.25) is 0 Å². The second-order valence-electron chi connectivity index (χ2n) is 7.19. The Morgan fingerprint density at radius 2 is 2.00 bits per heavy atom. The first-order chi connectivity index (χ1) is 15.4. The van der Waals surface area contributed by atoms with E-state index >= 15 is 0 Å². The van der Waals surface area contributed by atoms with Crippen LogP contribution in [-0.2, 0) is 9.59 Å². The van der Waals surface area contributed by atoms with Crippen LogP contribution >= 0.6 is 23.1 Å². The largest absolute Gasteiger partial charge is 0.332 e. The van der Waals surface area contributed by atoms with Crippen LogP contribution in [0.5, 0.6) is 0 Å². The van der Waals surface area contributed by atoms with E-state index in [1.165, 1.54) is 17.8 Å². The van der Waals surface area contributed by atoms with E-state index in [4.69, 9.17) is 0 Å². The summed E-state index contributed by atoms with van der Waals surface area (Å²) in [5, 5.41) is 9.58. The second-order valence-corrected chi connectivity index (χ2v) is 9.32. The van der Waals surface area contributed by atoms with E-state index in [0.29, 0.717) is 0 Å². The van der Waals surface area contributed by atoms with Crippen LogP contribution in [0.3, 0.4) is 0 Å². The number of aryl methyl sites for hydroxylation is 1. The highest BCUT2D eigenvalue weighted by Crippen LogP contribution is 2.34. The molecule has 1 fully saturated rings. The average molecular weight is 475 g/mol. The number of amides is 2. The summed E-state index contributed by atoms with van der Waals surface area (Å²) in [6.07, 6.45) is 0.273. The Labute approximate surface area is 191 Å². The second kappa shape index (κ2) is 9.76. The molecule has 0 bridgehead atoms. The standard InChI is InChI=1S/C22H20F2N4O2S2/c1-12-20(32-21(25-12)13-5-3-2-4-6-13)17-10-18(29)28-22(27-17)31-11-19(30)26-14-7-8-15(23)16(24)9-14/h2-9,17,22,27H,10-11H2,1H3,(H,26,30)(H,28,29). The van der Waals surface area contributed by atoms with Crippen LogP contribution in [-0.4, -0.2) is 28.0 Å². The molecule has 1 aliphatic rings. The topological polar surface area (TPSA) is 83.1 Å². The maximum absolute atomic E-state index is 13.3. The summed E-state index contributed by atoms with van der Waals surface area (Å²) < 4.78 is 26.3. The van der Waals surface area contributed by atoms with Gasteiger partial charge in [0.25, 0.3) is 0 Å². The molecule has 32 heavy (non-hydrogen) atoms. The lowest BCUT2D eigenvalue weighted by Gasteiger charge is -2.30. The van der Waals surface area contributed by atoms with Crippen molar-refractivity contribution in [3.8, 4) is 10.6 Å². The number of thioether (sulfide) groups is 1. The minimum Gasteiger partial charge on any atom is -0.332 e. The first-order valence-corrected chi connectivity index (χ1v) is 11.7. The molecule has 0 saturated carbocycles. The van der Waals surface area contributed by atoms with Gasteiger partial charge < -0.3 is 10.6 Å². The zero-order chi connectivity index (χ0) is 22.7. The van der Waals surface area contributed by atoms with E-state index in [9.17, 15) is 18.4 Å². The van der Waals surface area contributed by atoms with E-state index in [0.717, 1.165) is 33.3 Å². The van der Waals surface area contributed by atoms with Crippen molar-refractivity contribution in [2.24, 2.45) is 0 Å². The van der Waals surface area contributed by atoms with Crippen molar-refractivity contribution in [2.45, 2.75) is 24.9 Å². The van der Waals surface area contributed by atoms with Crippen LogP contribution in [0.4, 0.5) is 14.5 Å². The number of nitrogens with one attached hydrogen (secondary N) is 3. The number of carbonyl (C=O) groups excluding carboxylic acids is 2. The van der Waals surface area contributed by atoms with Gasteiger partial charge in [0.15, 0.2) is 11.6 Å². The molecule has 2 amide bonds. The molecular weight excluding hydrogens is 454 g/mol. The molecule has 1 aliphatic heterocycles. The van der Waals surface area contributed by atoms with Crippen molar-refractivity contribution in [1.29, 1.82) is 0 Å². The van der Waals surface area contributed by atoms with Crippen molar-refractivity contribution in [2.75, 3.05) is 11.1 Å². The molecule has 3 aromatic rings. The van der Waals surface area contributed by atoms with Crippen molar-refractivity contribution in [3.05, 3.63) is 70.7 Å². The smallest absolute Gasteiger partial charge is 0.234 e. The normalized spacial score (nSPS) is 18.3. The Hall–Kier alpha value is -2.82. The minimum atomic E-state index is -1.03. The summed E-state index contributed by atoms with van der Waals surface area (Å²) in [7, 11) is 0. The number of rotatable bonds is 6. The first-order valence-electron chi connectivity index (χ1n) is 9.83. The lowest BCUT2D eigenvalue weighted by molar-refractivity contribution is -0.123. The lowest BCUT2D eigenvalue weighted by Crippen LogP contribution is -2.51. The number of anilines is 1. The van der Waals surface area contributed by atoms with Crippen molar-refractivity contribution in [3.63, 3.8) is 0 Å². The van der Waals surface area contributed by atoms with Crippen LogP contribution in [0.25, 0.3) is 10.6 Å². The molecule has 2 heterocycles. The Morgan fingerprint density at radius 3 is 2.75 bits per heavy atom. The van der Waals surface area contributed by atoms with Gasteiger partial charge in [-0.25, -0.2) is 13.8 Å². The molecule has 2 aromatic carbocycles. The zero-order valence-corrected chi connectivity index (χ0v) is 18.7. The van der Waals surface area contributed by atoms with Gasteiger partial charge in [0.1, 0.15) is 10.5 Å². The van der Waals surface area contributed by atoms with E-state index in [1.54, 1.807) is 11.3 Å². The number of nitrogens with zero attached hydrogens (tertiary/aromatic N) is 1. The van der Waals surface area contributed by atoms with Gasteiger partial charge in [0, 0.05) is 28.6 Å². The number of carbonyl (C=O) groups is 2. The van der Waals surface area contributed by atoms with Gasteiger partial charge in [-0.3, -0.25) is 14.9 Å². The van der Waals surface area contributed by atoms with Crippen LogP contribution in [0.1, 0.15) is 23.0 Å². The average Bonchev–Trinajstić information content (AvgIpc) is 3.17. The molecule has 2 unspecified atom stereocenters. The van der Waals surface area contributed by atoms with Gasteiger partial charge in [0.05, 0.1) is 17.5 Å². The molecule has 2 atom stereocenters. The lowest BCUT2D eigenvalue weighted by atomic mass is 10.1. The summed E-state index contributed by atoms with van der Waals surface area (Å²) in [6, 6.07) is 12.8. The Bertz CT molecular complexity index is 1140. The number of hydrogen-bond donors (Lipinski definition) is 3. The molecular formula is C22H20F2N4O2S2. The quantitative estimate of drug-likeness (QED) is 0.499. The summed E-state index contributed by atoms with van der Waals surface area (Å²) in [4.78, 5) is 30.1. The van der Waals surface area contributed by atoms with Crippen molar-refractivity contribution in [1.82, 2.24) is 15.6 Å². The third-order valence-electron chi connectivity index (χ3n) is 4.79. The molecule has 1 saturated heterocycles. The third-order valence-corrected chi connectivity index (χ3v) is 7.12. The Balaban J connectivity index is 1.38. The fourth-order valence-electron chi connectivity index (χ4n) is 3.30. The predicted octanol–water partition coefficient (Wildman–Crippen LogP) is 4.20. The van der Waals surface area contributed by atoms with Crippen LogP contribution in [0.15, 0.2) is 48.5 Å². The molecule has 0 spiro atoms. The molecule has 0 radical (unpaired) electrons. The van der Waals surface area contributed by atoms with E-state index < -0.39 is 17.1 Å². The maximum atomic E-state index is 13.3. The summed E-state index contributed by atoms with van der Waals surface area (Å²) in [5.41, 5.74) is 1.58. The fourth-order valence-corrected chi connectivity index (χ4v) is 5.29. The molecule has 1 aromatic heterocycles. The third kappa shape index (κ3) is 5.32. The number of benzene rings is 2. The van der Waals surface area contributed by atoms with Gasteiger partial charge >= 0.3 is 0 Å². The maximum Gasteiger partial charge on any atom is 0.234 e. The SMILES string of the molecule is Cc1nc(-c2ccccc2)sc1C1CC(=O)NC(SCC(=O)Nc2ccc(F)c(F)c2)N1. The number of thiazole rings is 1. The van der Waals surface area contributed by atoms with Gasteiger partial charge in [-0.15, -0.1) is 23.1 Å². The summed E-state index contributed by atoms with van der Waals surface area (Å²) >= 11 is 2.75. The molecule has 3 N–H and O–H groups in total. The minimum absolute atomic E-state index is 0.0145. The molecule has 0 aliphatic carbocycles. The van der Waals surface area contributed by atoms with Gasteiger partial charge in [-0.1, -0.05) is 30.3 Å². The van der Waals surface area contributed by atoms with Crippen LogP contribution in [0, 0.1) is 18.6 Å². The van der Waals surface area contributed by atoms with E-state index in [1.807, 2.05) is 37.3 Å². The van der Waals surface area contributed by atoms with E-state index in [2.05, 4.69) is 20.9 Å². The summed E-state index contributed by atoms with van der Waals surface area (Å²) in [5.74, 6) is -2.51. The van der Waals surface area contributed by atoms with E-state index in [-0.39, 0.29) is 35.7 Å². The summed E-state index contributed by atoms with van der Waals surface area (Å²) in [6.45, 7) is 1.92. The van der Waals surface area contributed by atoms with Gasteiger partial charge in [-0.05, 0) is 19.1 Å². The highest BCUT2D eigenvalue weighted by molar-refractivity contribution is 8.00. The fraction of sp³-hybridized carbons (Fsp3) is 0.227. The Kier molecular flexibility index (Phi) is 6.83. The highest BCUT2D eigenvalue weighted by Gasteiger charge is 2.30. The number of halogens is 2. The first kappa shape index (κ1) is 22.4. The molecule has 6 nitrogen and oxygen atoms in total. The number of hydrogen-bond acceptors (Lipinski definition) is 6. The molecule has 166 valence electrons. The zero-order valence-electron chi connectivity index (χ0n) is 17.0. The number of aromatic nitrogens is 1. The molecule has 4 rings (SSSR count). The highest BCUT2D eigenvalue weighted by atomic mass is 32.2. The van der Waals surface area contributed by atoms with Crippen molar-refractivity contribution >= 4 is 40.6 Å². The predicted molar refractivity (Wildman–Crippen MR) is 122 cm³/mol. The van der Waals surface area contributed by atoms with Crippen molar-refractivity contribution < 1.29 is 18.4 Å².